The molecule has 0 N–H and O–H groups in total. The van der Waals surface area contributed by atoms with E-state index in [0.717, 1.165) is 14.4 Å². The fourth-order valence-electron chi connectivity index (χ4n) is 0.915. The lowest BCUT2D eigenvalue weighted by atomic mass is 10.2. The van der Waals surface area contributed by atoms with Crippen molar-refractivity contribution >= 4 is 34.1 Å². The zero-order chi connectivity index (χ0) is 9.26. The van der Waals surface area contributed by atoms with Crippen LogP contribution in [-0.2, 0) is 0 Å². The van der Waals surface area contributed by atoms with Crippen LogP contribution in [0.5, 0.6) is 0 Å². The van der Waals surface area contributed by atoms with Crippen LogP contribution in [0.15, 0.2) is 24.3 Å². The fourth-order valence-corrected chi connectivity index (χ4v) is 2.19. The summed E-state index contributed by atoms with van der Waals surface area (Å²) in [5.74, 6) is -0.233. The summed E-state index contributed by atoms with van der Waals surface area (Å²) >= 11 is 3.37. The van der Waals surface area contributed by atoms with Crippen LogP contribution in [0.25, 0.3) is 10.6 Å². The summed E-state index contributed by atoms with van der Waals surface area (Å²) < 4.78 is 17.3. The van der Waals surface area contributed by atoms with E-state index in [4.69, 9.17) is 0 Å². The van der Waals surface area contributed by atoms with Crippen molar-refractivity contribution in [2.45, 2.75) is 0 Å². The molecule has 5 heteroatoms. The Hall–Kier alpha value is -0.560. The third kappa shape index (κ3) is 2.02. The van der Waals surface area contributed by atoms with E-state index in [2.05, 4.69) is 9.36 Å². The molecule has 1 aromatic carbocycles. The summed E-state index contributed by atoms with van der Waals surface area (Å²) in [5.41, 5.74) is 0.904. The van der Waals surface area contributed by atoms with Gasteiger partial charge in [-0.3, -0.25) is 0 Å². The normalized spacial score (nSPS) is 10.3. The summed E-state index contributed by atoms with van der Waals surface area (Å²) in [6, 6.07) is 6.24. The number of hydrogen-bond donors (Lipinski definition) is 0. The molecule has 0 amide bonds. The lowest BCUT2D eigenvalue weighted by molar-refractivity contribution is 0.628. The minimum Gasteiger partial charge on any atom is -0.210 e. The first-order valence-corrected chi connectivity index (χ1v) is 5.36. The third-order valence-corrected chi connectivity index (χ3v) is 3.07. The predicted molar refractivity (Wildman–Crippen MR) is 58.0 cm³/mol. The Bertz CT molecular complexity index is 412. The van der Waals surface area contributed by atoms with E-state index in [9.17, 15) is 4.39 Å². The van der Waals surface area contributed by atoms with Gasteiger partial charge in [0.05, 0.1) is 0 Å². The van der Waals surface area contributed by atoms with Gasteiger partial charge in [0.1, 0.15) is 10.8 Å². The molecule has 0 fully saturated rings. The first-order valence-electron chi connectivity index (χ1n) is 3.51. The second-order valence-electron chi connectivity index (χ2n) is 2.38. The smallest absolute Gasteiger partial charge is 0.203 e. The van der Waals surface area contributed by atoms with Crippen LogP contribution >= 0.6 is 34.1 Å². The topological polar surface area (TPSA) is 25.8 Å². The van der Waals surface area contributed by atoms with Gasteiger partial charge >= 0.3 is 0 Å². The number of nitrogens with zero attached hydrogens (tertiary/aromatic N) is 2. The van der Waals surface area contributed by atoms with Gasteiger partial charge in [-0.05, 0) is 35.8 Å². The molecule has 0 bridgehead atoms. The van der Waals surface area contributed by atoms with E-state index >= 15 is 0 Å². The van der Waals surface area contributed by atoms with Gasteiger partial charge in [-0.15, -0.1) is 0 Å². The molecule has 2 rings (SSSR count). The van der Waals surface area contributed by atoms with Crippen molar-refractivity contribution in [3.63, 3.8) is 0 Å². The van der Waals surface area contributed by atoms with Crippen molar-refractivity contribution in [1.29, 1.82) is 0 Å². The monoisotopic (exact) mass is 306 g/mol. The quantitative estimate of drug-likeness (QED) is 0.757. The molecule has 0 aliphatic carbocycles. The second-order valence-corrected chi connectivity index (χ2v) is 4.09. The fraction of sp³-hybridized carbons (Fsp3) is 0. The lowest BCUT2D eigenvalue weighted by Gasteiger charge is -1.93. The molecular weight excluding hydrogens is 302 g/mol. The van der Waals surface area contributed by atoms with Gasteiger partial charge < -0.3 is 0 Å². The second kappa shape index (κ2) is 3.67. The molecule has 0 aliphatic rings. The Morgan fingerprint density at radius 2 is 1.92 bits per heavy atom. The van der Waals surface area contributed by atoms with Crippen molar-refractivity contribution in [3.05, 3.63) is 33.9 Å². The third-order valence-electron chi connectivity index (χ3n) is 1.49. The molecule has 2 nitrogen and oxygen atoms in total. The highest BCUT2D eigenvalue weighted by molar-refractivity contribution is 14.1. The highest BCUT2D eigenvalue weighted by Crippen LogP contribution is 2.21. The summed E-state index contributed by atoms with van der Waals surface area (Å²) in [6.07, 6.45) is 0. The van der Waals surface area contributed by atoms with Gasteiger partial charge in [0.15, 0.2) is 0 Å². The predicted octanol–water partition coefficient (Wildman–Crippen LogP) is 2.95. The van der Waals surface area contributed by atoms with E-state index in [1.54, 1.807) is 12.1 Å². The highest BCUT2D eigenvalue weighted by atomic mass is 127. The first-order chi connectivity index (χ1) is 6.25. The zero-order valence-electron chi connectivity index (χ0n) is 6.37. The SMILES string of the molecule is Fc1ccc(-c2nc(I)ns2)cc1. The molecule has 1 heterocycles. The summed E-state index contributed by atoms with van der Waals surface area (Å²) in [5, 5.41) is 0.824. The van der Waals surface area contributed by atoms with E-state index in [0.29, 0.717) is 0 Å². The maximum absolute atomic E-state index is 12.6. The van der Waals surface area contributed by atoms with Crippen LogP contribution in [0.3, 0.4) is 0 Å². The van der Waals surface area contributed by atoms with Crippen LogP contribution in [0, 0.1) is 9.65 Å². The molecule has 13 heavy (non-hydrogen) atoms. The standard InChI is InChI=1S/C8H4FIN2S/c9-6-3-1-5(2-4-6)7-11-8(10)12-13-7/h1-4H. The van der Waals surface area contributed by atoms with Crippen LogP contribution in [0.2, 0.25) is 0 Å². The van der Waals surface area contributed by atoms with Gasteiger partial charge in [-0.25, -0.2) is 9.37 Å². The molecule has 66 valence electrons. The number of benzene rings is 1. The summed E-state index contributed by atoms with van der Waals surface area (Å²) in [6.45, 7) is 0. The summed E-state index contributed by atoms with van der Waals surface area (Å²) in [4.78, 5) is 4.18. The molecular formula is C8H4FIN2S. The summed E-state index contributed by atoms with van der Waals surface area (Å²) in [7, 11) is 0. The first kappa shape index (κ1) is 9.01. The molecule has 2 aromatic rings. The van der Waals surface area contributed by atoms with Gasteiger partial charge in [-0.2, -0.15) is 4.37 Å². The molecule has 0 saturated heterocycles. The molecule has 1 aromatic heterocycles. The number of rotatable bonds is 1. The largest absolute Gasteiger partial charge is 0.210 e. The molecule has 0 unspecified atom stereocenters. The minimum absolute atomic E-state index is 0.233. The number of halogens is 2. The van der Waals surface area contributed by atoms with Crippen molar-refractivity contribution in [1.82, 2.24) is 9.36 Å². The molecule has 0 aliphatic heterocycles. The van der Waals surface area contributed by atoms with Gasteiger partial charge in [-0.1, -0.05) is 0 Å². The zero-order valence-corrected chi connectivity index (χ0v) is 9.34. The molecule has 0 atom stereocenters. The average molecular weight is 306 g/mol. The number of hydrogen-bond acceptors (Lipinski definition) is 3. The van der Waals surface area contributed by atoms with Crippen LogP contribution in [0.1, 0.15) is 0 Å². The van der Waals surface area contributed by atoms with Crippen LogP contribution in [0.4, 0.5) is 4.39 Å². The van der Waals surface area contributed by atoms with Crippen LogP contribution in [-0.4, -0.2) is 9.36 Å². The number of aromatic nitrogens is 2. The average Bonchev–Trinajstić information content (AvgIpc) is 2.53. The van der Waals surface area contributed by atoms with E-state index in [-0.39, 0.29) is 5.82 Å². The molecule has 0 radical (unpaired) electrons. The Labute approximate surface area is 92.1 Å². The Morgan fingerprint density at radius 3 is 2.46 bits per heavy atom. The Morgan fingerprint density at radius 1 is 1.23 bits per heavy atom. The maximum atomic E-state index is 12.6. The Kier molecular flexibility index (Phi) is 2.54. The van der Waals surface area contributed by atoms with Gasteiger partial charge in [0.2, 0.25) is 3.83 Å². The van der Waals surface area contributed by atoms with E-state index < -0.39 is 0 Å². The minimum atomic E-state index is -0.233. The van der Waals surface area contributed by atoms with Crippen LogP contribution < -0.4 is 0 Å². The van der Waals surface area contributed by atoms with Crippen molar-refractivity contribution < 1.29 is 4.39 Å². The van der Waals surface area contributed by atoms with Gasteiger partial charge in [0.25, 0.3) is 0 Å². The lowest BCUT2D eigenvalue weighted by Crippen LogP contribution is -1.77. The van der Waals surface area contributed by atoms with E-state index in [1.807, 2.05) is 22.6 Å². The highest BCUT2D eigenvalue weighted by Gasteiger charge is 2.03. The van der Waals surface area contributed by atoms with E-state index in [1.165, 1.54) is 23.7 Å². The maximum Gasteiger partial charge on any atom is 0.203 e. The molecule has 0 saturated carbocycles. The molecule has 0 spiro atoms. The Balaban J connectivity index is 2.41. The van der Waals surface area contributed by atoms with Crippen molar-refractivity contribution in [2.24, 2.45) is 0 Å². The van der Waals surface area contributed by atoms with Crippen molar-refractivity contribution in [3.8, 4) is 10.6 Å². The van der Waals surface area contributed by atoms with Crippen molar-refractivity contribution in [2.75, 3.05) is 0 Å². The van der Waals surface area contributed by atoms with Gasteiger partial charge in [0, 0.05) is 28.2 Å².